The van der Waals surface area contributed by atoms with Crippen LogP contribution in [0.5, 0.6) is 11.5 Å². The van der Waals surface area contributed by atoms with Crippen molar-refractivity contribution in [2.45, 2.75) is 0 Å². The second-order valence-electron chi connectivity index (χ2n) is 3.16. The van der Waals surface area contributed by atoms with E-state index in [4.69, 9.17) is 9.15 Å². The van der Waals surface area contributed by atoms with Gasteiger partial charge in [-0.3, -0.25) is 0 Å². The van der Waals surface area contributed by atoms with Gasteiger partial charge in [0.05, 0.1) is 19.6 Å². The maximum absolute atomic E-state index is 11.2. The van der Waals surface area contributed by atoms with Crippen molar-refractivity contribution in [3.63, 3.8) is 0 Å². The van der Waals surface area contributed by atoms with Gasteiger partial charge in [0.2, 0.25) is 5.76 Å². The van der Waals surface area contributed by atoms with E-state index in [2.05, 4.69) is 4.74 Å². The first kappa shape index (κ1) is 10.4. The molecule has 84 valence electrons. The summed E-state index contributed by atoms with van der Waals surface area (Å²) in [6.07, 6.45) is 0. The van der Waals surface area contributed by atoms with Crippen LogP contribution in [0.2, 0.25) is 0 Å². The first-order valence-electron chi connectivity index (χ1n) is 4.54. The summed E-state index contributed by atoms with van der Waals surface area (Å²) in [7, 11) is 2.74. The molecule has 0 fully saturated rings. The fourth-order valence-electron chi connectivity index (χ4n) is 1.41. The number of hydrogen-bond donors (Lipinski definition) is 1. The van der Waals surface area contributed by atoms with Gasteiger partial charge in [-0.2, -0.15) is 0 Å². The molecule has 0 saturated heterocycles. The van der Waals surface area contributed by atoms with Crippen LogP contribution in [0.4, 0.5) is 0 Å². The van der Waals surface area contributed by atoms with E-state index in [1.165, 1.54) is 26.4 Å². The zero-order valence-corrected chi connectivity index (χ0v) is 8.81. The molecular weight excluding hydrogens is 212 g/mol. The van der Waals surface area contributed by atoms with Crippen LogP contribution in [0.3, 0.4) is 0 Å². The SMILES string of the molecule is COC(=O)c1cc2c(O)cc(OC)cc2o1. The maximum atomic E-state index is 11.2. The van der Waals surface area contributed by atoms with Crippen LogP contribution in [0, 0.1) is 0 Å². The van der Waals surface area contributed by atoms with Gasteiger partial charge in [-0.15, -0.1) is 0 Å². The first-order chi connectivity index (χ1) is 7.65. The molecule has 1 N–H and O–H groups in total. The van der Waals surface area contributed by atoms with Gasteiger partial charge in [0, 0.05) is 18.2 Å². The van der Waals surface area contributed by atoms with Crippen molar-refractivity contribution in [1.29, 1.82) is 0 Å². The predicted octanol–water partition coefficient (Wildman–Crippen LogP) is 1.93. The van der Waals surface area contributed by atoms with E-state index in [-0.39, 0.29) is 11.5 Å². The predicted molar refractivity (Wildman–Crippen MR) is 55.8 cm³/mol. The summed E-state index contributed by atoms with van der Waals surface area (Å²) in [4.78, 5) is 11.2. The van der Waals surface area contributed by atoms with Crippen molar-refractivity contribution in [2.75, 3.05) is 14.2 Å². The van der Waals surface area contributed by atoms with Crippen LogP contribution in [0.25, 0.3) is 11.0 Å². The van der Waals surface area contributed by atoms with E-state index in [0.717, 1.165) is 0 Å². The number of phenolic OH excluding ortho intramolecular Hbond substituents is 1. The summed E-state index contributed by atoms with van der Waals surface area (Å²) in [5.41, 5.74) is 0.372. The number of carbonyl (C=O) groups is 1. The second kappa shape index (κ2) is 3.77. The van der Waals surface area contributed by atoms with Gasteiger partial charge in [0.25, 0.3) is 0 Å². The van der Waals surface area contributed by atoms with E-state index in [9.17, 15) is 9.90 Å². The molecule has 16 heavy (non-hydrogen) atoms. The third-order valence-electron chi connectivity index (χ3n) is 2.21. The molecule has 5 nitrogen and oxygen atoms in total. The number of phenols is 1. The van der Waals surface area contributed by atoms with Crippen LogP contribution in [-0.4, -0.2) is 25.3 Å². The van der Waals surface area contributed by atoms with Gasteiger partial charge in [-0.1, -0.05) is 0 Å². The van der Waals surface area contributed by atoms with E-state index >= 15 is 0 Å². The van der Waals surface area contributed by atoms with Crippen molar-refractivity contribution in [2.24, 2.45) is 0 Å². The molecule has 0 aliphatic heterocycles. The Kier molecular flexibility index (Phi) is 2.44. The van der Waals surface area contributed by atoms with Crippen molar-refractivity contribution >= 4 is 16.9 Å². The molecule has 0 atom stereocenters. The Morgan fingerprint density at radius 2 is 2.06 bits per heavy atom. The summed E-state index contributed by atoms with van der Waals surface area (Å²) in [6.45, 7) is 0. The quantitative estimate of drug-likeness (QED) is 0.786. The van der Waals surface area contributed by atoms with Crippen molar-refractivity contribution < 1.29 is 23.8 Å². The van der Waals surface area contributed by atoms with Gasteiger partial charge in [0.15, 0.2) is 0 Å². The fourth-order valence-corrected chi connectivity index (χ4v) is 1.41. The highest BCUT2D eigenvalue weighted by Crippen LogP contribution is 2.32. The van der Waals surface area contributed by atoms with Gasteiger partial charge in [-0.05, 0) is 0 Å². The van der Waals surface area contributed by atoms with Gasteiger partial charge in [-0.25, -0.2) is 4.79 Å². The summed E-state index contributed by atoms with van der Waals surface area (Å²) in [6, 6.07) is 4.45. The molecule has 0 unspecified atom stereocenters. The Labute approximate surface area is 91.2 Å². The number of benzene rings is 1. The molecule has 0 aliphatic carbocycles. The third kappa shape index (κ3) is 1.56. The summed E-state index contributed by atoms with van der Waals surface area (Å²) in [5, 5.41) is 10.1. The highest BCUT2D eigenvalue weighted by Gasteiger charge is 2.15. The number of ether oxygens (including phenoxy) is 2. The minimum atomic E-state index is -0.588. The minimum absolute atomic E-state index is 0.00625. The second-order valence-corrected chi connectivity index (χ2v) is 3.16. The van der Waals surface area contributed by atoms with E-state index < -0.39 is 5.97 Å². The van der Waals surface area contributed by atoms with Crippen LogP contribution < -0.4 is 4.74 Å². The molecule has 1 aromatic carbocycles. The highest BCUT2D eigenvalue weighted by atomic mass is 16.5. The van der Waals surface area contributed by atoms with Gasteiger partial charge in [0.1, 0.15) is 17.1 Å². The summed E-state index contributed by atoms with van der Waals surface area (Å²) in [5.74, 6) is -0.0976. The molecule has 1 heterocycles. The number of fused-ring (bicyclic) bond motifs is 1. The number of hydrogen-bond acceptors (Lipinski definition) is 5. The number of esters is 1. The molecule has 0 saturated carbocycles. The lowest BCUT2D eigenvalue weighted by Gasteiger charge is -1.99. The highest BCUT2D eigenvalue weighted by molar-refractivity contribution is 5.95. The molecule has 2 rings (SSSR count). The van der Waals surface area contributed by atoms with E-state index in [1.54, 1.807) is 6.07 Å². The molecule has 0 amide bonds. The Bertz CT molecular complexity index is 541. The number of carbonyl (C=O) groups excluding carboxylic acids is 1. The lowest BCUT2D eigenvalue weighted by Crippen LogP contribution is -1.97. The van der Waals surface area contributed by atoms with Crippen LogP contribution in [0.15, 0.2) is 22.6 Å². The maximum Gasteiger partial charge on any atom is 0.373 e. The number of aromatic hydroxyl groups is 1. The largest absolute Gasteiger partial charge is 0.507 e. The number of furan rings is 1. The number of rotatable bonds is 2. The van der Waals surface area contributed by atoms with Crippen LogP contribution in [-0.2, 0) is 4.74 Å². The zero-order chi connectivity index (χ0) is 11.7. The molecule has 0 aliphatic rings. The topological polar surface area (TPSA) is 68.9 Å². The lowest BCUT2D eigenvalue weighted by molar-refractivity contribution is 0.0567. The van der Waals surface area contributed by atoms with Crippen LogP contribution in [0.1, 0.15) is 10.6 Å². The molecule has 0 spiro atoms. The smallest absolute Gasteiger partial charge is 0.373 e. The Morgan fingerprint density at radius 3 is 2.69 bits per heavy atom. The monoisotopic (exact) mass is 222 g/mol. The normalized spacial score (nSPS) is 10.4. The average molecular weight is 222 g/mol. The van der Waals surface area contributed by atoms with Gasteiger partial charge < -0.3 is 19.0 Å². The first-order valence-corrected chi connectivity index (χ1v) is 4.54. The Balaban J connectivity index is 2.61. The summed E-state index contributed by atoms with van der Waals surface area (Å²) < 4.78 is 14.7. The standard InChI is InChI=1S/C11H10O5/c1-14-6-3-8(12)7-5-10(11(13)15-2)16-9(7)4-6/h3-5,12H,1-2H3. The van der Waals surface area contributed by atoms with Crippen LogP contribution >= 0.6 is 0 Å². The third-order valence-corrected chi connectivity index (χ3v) is 2.21. The molecular formula is C11H10O5. The molecule has 1 aromatic heterocycles. The zero-order valence-electron chi connectivity index (χ0n) is 8.81. The Hall–Kier alpha value is -2.17. The summed E-state index contributed by atoms with van der Waals surface area (Å²) >= 11 is 0. The minimum Gasteiger partial charge on any atom is -0.507 e. The molecule has 2 aromatic rings. The van der Waals surface area contributed by atoms with Gasteiger partial charge >= 0.3 is 5.97 Å². The lowest BCUT2D eigenvalue weighted by atomic mass is 10.2. The van der Waals surface area contributed by atoms with Crippen molar-refractivity contribution in [1.82, 2.24) is 0 Å². The molecule has 0 radical (unpaired) electrons. The van der Waals surface area contributed by atoms with Crippen molar-refractivity contribution in [3.05, 3.63) is 24.0 Å². The average Bonchev–Trinajstić information content (AvgIpc) is 2.72. The van der Waals surface area contributed by atoms with E-state index in [1.807, 2.05) is 0 Å². The molecule has 5 heteroatoms. The number of methoxy groups -OCH3 is 2. The van der Waals surface area contributed by atoms with E-state index in [0.29, 0.717) is 16.7 Å². The van der Waals surface area contributed by atoms with Crippen molar-refractivity contribution in [3.8, 4) is 11.5 Å². The molecule has 0 bridgehead atoms. The fraction of sp³-hybridized carbons (Fsp3) is 0.182. The Morgan fingerprint density at radius 1 is 1.31 bits per heavy atom.